The number of nitro groups is 1. The van der Waals surface area contributed by atoms with E-state index < -0.39 is 16.4 Å². The van der Waals surface area contributed by atoms with Crippen LogP contribution < -0.4 is 21.3 Å². The summed E-state index contributed by atoms with van der Waals surface area (Å²) in [6, 6.07) is 10.5. The topological polar surface area (TPSA) is 142 Å². The first kappa shape index (κ1) is 25.6. The van der Waals surface area contributed by atoms with Gasteiger partial charge in [0, 0.05) is 35.3 Å². The lowest BCUT2D eigenvalue weighted by atomic mass is 9.86. The molecule has 34 heavy (non-hydrogen) atoms. The van der Waals surface area contributed by atoms with E-state index in [1.165, 1.54) is 18.2 Å². The maximum absolute atomic E-state index is 13.1. The number of halogens is 2. The van der Waals surface area contributed by atoms with Crippen LogP contribution in [0.3, 0.4) is 0 Å². The molecule has 3 amide bonds. The molecule has 0 radical (unpaired) electrons. The van der Waals surface area contributed by atoms with Crippen LogP contribution in [0.4, 0.5) is 5.69 Å². The van der Waals surface area contributed by atoms with Gasteiger partial charge in [-0.25, -0.2) is 0 Å². The van der Waals surface area contributed by atoms with Gasteiger partial charge in [0.2, 0.25) is 5.91 Å². The number of rotatable bonds is 8. The Morgan fingerprint density at radius 1 is 1.00 bits per heavy atom. The van der Waals surface area contributed by atoms with Crippen LogP contribution in [-0.4, -0.2) is 54.4 Å². The minimum absolute atomic E-state index is 0.0795. The zero-order valence-corrected chi connectivity index (χ0v) is 20.4. The smallest absolute Gasteiger partial charge is 0.284 e. The van der Waals surface area contributed by atoms with Crippen LogP contribution in [0.25, 0.3) is 0 Å². The number of nitro benzene ring substituents is 1. The van der Waals surface area contributed by atoms with Gasteiger partial charge in [-0.15, -0.1) is 0 Å². The fraction of sp³-hybridized carbons (Fsp3) is 0.318. The summed E-state index contributed by atoms with van der Waals surface area (Å²) in [4.78, 5) is 48.8. The Morgan fingerprint density at radius 3 is 2.26 bits per heavy atom. The number of nitrogens with one attached hydrogen (secondary N) is 4. The summed E-state index contributed by atoms with van der Waals surface area (Å²) >= 11 is 8.92. The average Bonchev–Trinajstić information content (AvgIpc) is 2.82. The van der Waals surface area contributed by atoms with Gasteiger partial charge in [-0.3, -0.25) is 24.5 Å². The predicted octanol–water partition coefficient (Wildman–Crippen LogP) is 2.41. The molecule has 1 saturated heterocycles. The van der Waals surface area contributed by atoms with Crippen LogP contribution >= 0.6 is 27.5 Å². The van der Waals surface area contributed by atoms with Crippen molar-refractivity contribution in [2.45, 2.75) is 18.4 Å². The third kappa shape index (κ3) is 6.31. The normalized spacial score (nSPS) is 14.6. The van der Waals surface area contributed by atoms with E-state index in [0.717, 1.165) is 0 Å². The van der Waals surface area contributed by atoms with Gasteiger partial charge in [0.1, 0.15) is 5.54 Å². The monoisotopic (exact) mass is 551 g/mol. The van der Waals surface area contributed by atoms with E-state index in [0.29, 0.717) is 36.5 Å². The minimum Gasteiger partial charge on any atom is -0.352 e. The second-order valence-corrected chi connectivity index (χ2v) is 9.02. The average molecular weight is 553 g/mol. The Kier molecular flexibility index (Phi) is 8.59. The van der Waals surface area contributed by atoms with Gasteiger partial charge in [-0.05, 0) is 78.3 Å². The van der Waals surface area contributed by atoms with Crippen LogP contribution in [0.5, 0.6) is 0 Å². The van der Waals surface area contributed by atoms with Gasteiger partial charge in [-0.1, -0.05) is 11.6 Å². The summed E-state index contributed by atoms with van der Waals surface area (Å²) in [6.45, 7) is 1.38. The fourth-order valence-electron chi connectivity index (χ4n) is 3.57. The second-order valence-electron chi connectivity index (χ2n) is 7.73. The molecule has 2 aromatic rings. The van der Waals surface area contributed by atoms with Crippen LogP contribution in [0.2, 0.25) is 5.02 Å². The number of amides is 3. The molecule has 1 aliphatic heterocycles. The van der Waals surface area contributed by atoms with E-state index in [1.807, 2.05) is 0 Å². The molecule has 4 N–H and O–H groups in total. The first-order valence-corrected chi connectivity index (χ1v) is 11.7. The lowest BCUT2D eigenvalue weighted by molar-refractivity contribution is -0.385. The first-order valence-electron chi connectivity index (χ1n) is 10.5. The van der Waals surface area contributed by atoms with E-state index in [-0.39, 0.29) is 40.6 Å². The number of benzene rings is 2. The van der Waals surface area contributed by atoms with Crippen LogP contribution in [0.15, 0.2) is 46.9 Å². The highest BCUT2D eigenvalue weighted by atomic mass is 79.9. The standard InChI is InChI=1S/C22H23BrClN5O5/c23-17-6-3-15(13-18(17)29(33)34)20(31)28-22(7-9-25-10-8-22)21(32)27-12-11-26-19(30)14-1-4-16(24)5-2-14/h1-6,13,25H,7-12H2,(H,26,30)(H,27,32)(H,28,31). The van der Waals surface area contributed by atoms with Gasteiger partial charge >= 0.3 is 0 Å². The van der Waals surface area contributed by atoms with Crippen LogP contribution in [-0.2, 0) is 4.79 Å². The van der Waals surface area contributed by atoms with Gasteiger partial charge in [-0.2, -0.15) is 0 Å². The highest BCUT2D eigenvalue weighted by Crippen LogP contribution is 2.26. The number of nitrogens with zero attached hydrogens (tertiary/aromatic N) is 1. The second kappa shape index (κ2) is 11.4. The Labute approximate surface area is 209 Å². The van der Waals surface area contributed by atoms with Gasteiger partial charge in [0.15, 0.2) is 0 Å². The highest BCUT2D eigenvalue weighted by Gasteiger charge is 2.41. The maximum atomic E-state index is 13.1. The summed E-state index contributed by atoms with van der Waals surface area (Å²) < 4.78 is 0.254. The molecule has 12 heteroatoms. The third-order valence-corrected chi connectivity index (χ3v) is 6.37. The highest BCUT2D eigenvalue weighted by molar-refractivity contribution is 9.10. The van der Waals surface area contributed by atoms with E-state index in [4.69, 9.17) is 11.6 Å². The van der Waals surface area contributed by atoms with Crippen molar-refractivity contribution in [1.29, 1.82) is 0 Å². The molecular formula is C22H23BrClN5O5. The predicted molar refractivity (Wildman–Crippen MR) is 130 cm³/mol. The summed E-state index contributed by atoms with van der Waals surface area (Å²) in [5, 5.41) is 23.1. The zero-order chi connectivity index (χ0) is 24.7. The zero-order valence-electron chi connectivity index (χ0n) is 18.0. The van der Waals surface area contributed by atoms with Crippen molar-refractivity contribution < 1.29 is 19.3 Å². The SMILES string of the molecule is O=C(NCCNC(=O)C1(NC(=O)c2ccc(Br)c([N+](=O)[O-])c2)CCNCC1)c1ccc(Cl)cc1. The molecule has 3 rings (SSSR count). The van der Waals surface area contributed by atoms with Crippen molar-refractivity contribution in [2.75, 3.05) is 26.2 Å². The van der Waals surface area contributed by atoms with Crippen LogP contribution in [0.1, 0.15) is 33.6 Å². The van der Waals surface area contributed by atoms with Crippen molar-refractivity contribution in [2.24, 2.45) is 0 Å². The molecule has 0 aliphatic carbocycles. The molecule has 0 bridgehead atoms. The first-order chi connectivity index (χ1) is 16.2. The van der Waals surface area contributed by atoms with Gasteiger partial charge in [0.25, 0.3) is 17.5 Å². The van der Waals surface area contributed by atoms with Gasteiger partial charge in [0.05, 0.1) is 9.40 Å². The molecule has 0 unspecified atom stereocenters. The molecule has 0 aromatic heterocycles. The lowest BCUT2D eigenvalue weighted by Crippen LogP contribution is -2.63. The summed E-state index contributed by atoms with van der Waals surface area (Å²) in [7, 11) is 0. The van der Waals surface area contributed by atoms with Gasteiger partial charge < -0.3 is 21.3 Å². The summed E-state index contributed by atoms with van der Waals surface area (Å²) in [5.74, 6) is -1.26. The van der Waals surface area contributed by atoms with E-state index in [9.17, 15) is 24.5 Å². The van der Waals surface area contributed by atoms with Crippen molar-refractivity contribution in [3.05, 3.63) is 73.2 Å². The van der Waals surface area contributed by atoms with E-state index in [1.54, 1.807) is 24.3 Å². The molecule has 1 aliphatic rings. The van der Waals surface area contributed by atoms with Crippen molar-refractivity contribution in [3.63, 3.8) is 0 Å². The summed E-state index contributed by atoms with van der Waals surface area (Å²) in [5.41, 5.74) is -0.894. The quantitative estimate of drug-likeness (QED) is 0.225. The molecule has 10 nitrogen and oxygen atoms in total. The minimum atomic E-state index is -1.18. The summed E-state index contributed by atoms with van der Waals surface area (Å²) in [6.07, 6.45) is 0.695. The number of hydrogen-bond donors (Lipinski definition) is 4. The Bertz CT molecular complexity index is 1090. The molecule has 1 fully saturated rings. The van der Waals surface area contributed by atoms with E-state index >= 15 is 0 Å². The molecule has 0 saturated carbocycles. The van der Waals surface area contributed by atoms with Crippen molar-refractivity contribution in [1.82, 2.24) is 21.3 Å². The molecule has 0 spiro atoms. The Morgan fingerprint density at radius 2 is 1.62 bits per heavy atom. The number of piperidine rings is 1. The molecule has 2 aromatic carbocycles. The maximum Gasteiger partial charge on any atom is 0.284 e. The molecule has 1 heterocycles. The number of carbonyl (C=O) groups is 3. The lowest BCUT2D eigenvalue weighted by Gasteiger charge is -2.37. The van der Waals surface area contributed by atoms with Crippen molar-refractivity contribution >= 4 is 50.9 Å². The molecule has 180 valence electrons. The Hall–Kier alpha value is -3.02. The number of hydrogen-bond acceptors (Lipinski definition) is 6. The third-order valence-electron chi connectivity index (χ3n) is 5.45. The van der Waals surface area contributed by atoms with Crippen molar-refractivity contribution in [3.8, 4) is 0 Å². The largest absolute Gasteiger partial charge is 0.352 e. The Balaban J connectivity index is 1.61. The van der Waals surface area contributed by atoms with E-state index in [2.05, 4.69) is 37.2 Å². The fourth-order valence-corrected chi connectivity index (χ4v) is 4.09. The number of carbonyl (C=O) groups excluding carboxylic acids is 3. The van der Waals surface area contributed by atoms with Crippen LogP contribution in [0, 0.1) is 10.1 Å². The molecular weight excluding hydrogens is 530 g/mol. The molecule has 0 atom stereocenters.